The zero-order valence-electron chi connectivity index (χ0n) is 11.1. The molecule has 1 aromatic carbocycles. The van der Waals surface area contributed by atoms with Crippen LogP contribution in [0.25, 0.3) is 0 Å². The van der Waals surface area contributed by atoms with Crippen LogP contribution in [0.15, 0.2) is 18.2 Å². The lowest BCUT2D eigenvalue weighted by Gasteiger charge is -2.21. The van der Waals surface area contributed by atoms with Crippen LogP contribution in [0.5, 0.6) is 0 Å². The number of aromatic nitrogens is 2. The molecule has 2 heterocycles. The molecular weight excluding hydrogens is 256 g/mol. The van der Waals surface area contributed by atoms with Crippen molar-refractivity contribution < 1.29 is 0 Å². The van der Waals surface area contributed by atoms with Gasteiger partial charge in [0.1, 0.15) is 5.01 Å². The number of nitrogens with zero attached hydrogens (tertiary/aromatic N) is 2. The van der Waals surface area contributed by atoms with Crippen molar-refractivity contribution in [2.24, 2.45) is 0 Å². The van der Waals surface area contributed by atoms with E-state index in [4.69, 9.17) is 0 Å². The van der Waals surface area contributed by atoms with Gasteiger partial charge in [-0.2, -0.15) is 0 Å². The normalized spacial score (nSPS) is 13.7. The van der Waals surface area contributed by atoms with Gasteiger partial charge >= 0.3 is 0 Å². The minimum absolute atomic E-state index is 0.800. The highest BCUT2D eigenvalue weighted by molar-refractivity contribution is 7.15. The van der Waals surface area contributed by atoms with Crippen molar-refractivity contribution in [3.05, 3.63) is 34.3 Å². The number of rotatable bonds is 4. The highest BCUT2D eigenvalue weighted by Gasteiger charge is 2.12. The number of hydrogen-bond donors (Lipinski definition) is 2. The Morgan fingerprint density at radius 1 is 1.37 bits per heavy atom. The summed E-state index contributed by atoms with van der Waals surface area (Å²) in [6.45, 7) is 3.97. The summed E-state index contributed by atoms with van der Waals surface area (Å²) in [5.41, 5.74) is 4.05. The molecule has 0 unspecified atom stereocenters. The molecule has 0 amide bonds. The topological polar surface area (TPSA) is 49.8 Å². The predicted molar refractivity (Wildman–Crippen MR) is 79.9 cm³/mol. The number of anilines is 2. The Balaban J connectivity index is 1.73. The predicted octanol–water partition coefficient (Wildman–Crippen LogP) is 3.07. The summed E-state index contributed by atoms with van der Waals surface area (Å²) in [6.07, 6.45) is 3.34. The van der Waals surface area contributed by atoms with E-state index in [-0.39, 0.29) is 0 Å². The minimum Gasteiger partial charge on any atom is -0.385 e. The third kappa shape index (κ3) is 2.71. The molecule has 0 aliphatic carbocycles. The van der Waals surface area contributed by atoms with Crippen molar-refractivity contribution in [1.29, 1.82) is 0 Å². The van der Waals surface area contributed by atoms with Gasteiger partial charge in [-0.15, -0.1) is 10.2 Å². The Kier molecular flexibility index (Phi) is 3.64. The fraction of sp³-hybridized carbons (Fsp3) is 0.429. The van der Waals surface area contributed by atoms with Gasteiger partial charge in [-0.05, 0) is 30.4 Å². The van der Waals surface area contributed by atoms with Crippen LogP contribution in [0.4, 0.5) is 10.8 Å². The first-order chi connectivity index (χ1) is 9.36. The summed E-state index contributed by atoms with van der Waals surface area (Å²) in [7, 11) is 0. The van der Waals surface area contributed by atoms with Crippen LogP contribution >= 0.6 is 11.3 Å². The Hall–Kier alpha value is -1.62. The smallest absolute Gasteiger partial charge is 0.205 e. The molecule has 2 N–H and O–H groups in total. The van der Waals surface area contributed by atoms with Gasteiger partial charge in [-0.3, -0.25) is 0 Å². The van der Waals surface area contributed by atoms with Crippen molar-refractivity contribution in [2.45, 2.75) is 32.7 Å². The lowest BCUT2D eigenvalue weighted by molar-refractivity contribution is 0.824. The Bertz CT molecular complexity index is 564. The zero-order valence-corrected chi connectivity index (χ0v) is 11.9. The molecule has 1 aliphatic heterocycles. The first-order valence-electron chi connectivity index (χ1n) is 6.77. The third-order valence-electron chi connectivity index (χ3n) is 3.36. The summed E-state index contributed by atoms with van der Waals surface area (Å²) < 4.78 is 0. The van der Waals surface area contributed by atoms with E-state index >= 15 is 0 Å². The second-order valence-corrected chi connectivity index (χ2v) is 5.75. The van der Waals surface area contributed by atoms with E-state index in [1.54, 1.807) is 11.3 Å². The SMILES string of the molecule is CCc1nnc(NCc2cccc3c2NCCC3)s1. The molecule has 5 heteroatoms. The van der Waals surface area contributed by atoms with Gasteiger partial charge in [0.2, 0.25) is 5.13 Å². The molecule has 0 saturated heterocycles. The number of fused-ring (bicyclic) bond motifs is 1. The number of benzene rings is 1. The molecule has 0 bridgehead atoms. The number of nitrogens with one attached hydrogen (secondary N) is 2. The molecule has 0 radical (unpaired) electrons. The molecule has 1 aromatic heterocycles. The van der Waals surface area contributed by atoms with Crippen LogP contribution < -0.4 is 10.6 Å². The van der Waals surface area contributed by atoms with Crippen molar-refractivity contribution in [2.75, 3.05) is 17.2 Å². The standard InChI is InChI=1S/C14H18N4S/c1-2-12-17-18-14(19-12)16-9-11-6-3-5-10-7-4-8-15-13(10)11/h3,5-6,15H,2,4,7-9H2,1H3,(H,16,18). The van der Waals surface area contributed by atoms with Crippen LogP contribution in [0, 0.1) is 0 Å². The Labute approximate surface area is 117 Å². The van der Waals surface area contributed by atoms with Gasteiger partial charge < -0.3 is 10.6 Å². The lowest BCUT2D eigenvalue weighted by Crippen LogP contribution is -2.14. The van der Waals surface area contributed by atoms with E-state index in [1.165, 1.54) is 29.7 Å². The number of para-hydroxylation sites is 1. The van der Waals surface area contributed by atoms with E-state index in [2.05, 4.69) is 46.0 Å². The number of hydrogen-bond acceptors (Lipinski definition) is 5. The summed E-state index contributed by atoms with van der Waals surface area (Å²) in [5, 5.41) is 17.1. The molecule has 0 spiro atoms. The van der Waals surface area contributed by atoms with Gasteiger partial charge in [0.05, 0.1) is 0 Å². The van der Waals surface area contributed by atoms with Gasteiger partial charge in [-0.25, -0.2) is 0 Å². The van der Waals surface area contributed by atoms with Gasteiger partial charge in [0, 0.05) is 18.8 Å². The van der Waals surface area contributed by atoms with Crippen molar-refractivity contribution in [3.8, 4) is 0 Å². The van der Waals surface area contributed by atoms with E-state index in [1.807, 2.05) is 0 Å². The molecule has 0 fully saturated rings. The quantitative estimate of drug-likeness (QED) is 0.899. The van der Waals surface area contributed by atoms with Gasteiger partial charge in [-0.1, -0.05) is 36.5 Å². The Morgan fingerprint density at radius 3 is 3.16 bits per heavy atom. The van der Waals surface area contributed by atoms with Crippen molar-refractivity contribution in [1.82, 2.24) is 10.2 Å². The fourth-order valence-corrected chi connectivity index (χ4v) is 3.04. The molecule has 19 heavy (non-hydrogen) atoms. The van der Waals surface area contributed by atoms with Crippen LogP contribution in [0.1, 0.15) is 29.5 Å². The Morgan fingerprint density at radius 2 is 2.32 bits per heavy atom. The fourth-order valence-electron chi connectivity index (χ4n) is 2.37. The van der Waals surface area contributed by atoms with Crippen LogP contribution in [-0.2, 0) is 19.4 Å². The van der Waals surface area contributed by atoms with Crippen LogP contribution in [0.3, 0.4) is 0 Å². The highest BCUT2D eigenvalue weighted by atomic mass is 32.1. The molecule has 4 nitrogen and oxygen atoms in total. The average Bonchev–Trinajstić information content (AvgIpc) is 2.93. The van der Waals surface area contributed by atoms with Crippen molar-refractivity contribution in [3.63, 3.8) is 0 Å². The molecule has 2 aromatic rings. The maximum Gasteiger partial charge on any atom is 0.205 e. The first-order valence-corrected chi connectivity index (χ1v) is 7.59. The molecule has 0 saturated carbocycles. The van der Waals surface area contributed by atoms with E-state index in [9.17, 15) is 0 Å². The molecule has 3 rings (SSSR count). The highest BCUT2D eigenvalue weighted by Crippen LogP contribution is 2.27. The molecule has 0 atom stereocenters. The second kappa shape index (κ2) is 5.57. The largest absolute Gasteiger partial charge is 0.385 e. The van der Waals surface area contributed by atoms with Gasteiger partial charge in [0.25, 0.3) is 0 Å². The van der Waals surface area contributed by atoms with E-state index in [0.717, 1.165) is 29.6 Å². The molecular formula is C14H18N4S. The van der Waals surface area contributed by atoms with Crippen molar-refractivity contribution >= 4 is 22.2 Å². The zero-order chi connectivity index (χ0) is 13.1. The monoisotopic (exact) mass is 274 g/mol. The minimum atomic E-state index is 0.800. The van der Waals surface area contributed by atoms with Crippen LogP contribution in [-0.4, -0.2) is 16.7 Å². The van der Waals surface area contributed by atoms with E-state index in [0.29, 0.717) is 0 Å². The lowest BCUT2D eigenvalue weighted by atomic mass is 9.99. The average molecular weight is 274 g/mol. The molecule has 1 aliphatic rings. The third-order valence-corrected chi connectivity index (χ3v) is 4.39. The van der Waals surface area contributed by atoms with E-state index < -0.39 is 0 Å². The second-order valence-electron chi connectivity index (χ2n) is 4.69. The van der Waals surface area contributed by atoms with Crippen LogP contribution in [0.2, 0.25) is 0 Å². The maximum absolute atomic E-state index is 4.15. The number of aryl methyl sites for hydroxylation is 2. The summed E-state index contributed by atoms with van der Waals surface area (Å²) in [6, 6.07) is 6.53. The molecule has 100 valence electrons. The summed E-state index contributed by atoms with van der Waals surface area (Å²) >= 11 is 1.64. The maximum atomic E-state index is 4.15. The van der Waals surface area contributed by atoms with Gasteiger partial charge in [0.15, 0.2) is 0 Å². The summed E-state index contributed by atoms with van der Waals surface area (Å²) in [4.78, 5) is 0. The summed E-state index contributed by atoms with van der Waals surface area (Å²) in [5.74, 6) is 0. The first kappa shape index (κ1) is 12.4.